The van der Waals surface area contributed by atoms with Gasteiger partial charge in [0, 0.05) is 17.6 Å². The van der Waals surface area contributed by atoms with Crippen LogP contribution in [0.4, 0.5) is 5.69 Å². The number of thiocarbonyl (C=S) groups is 1. The van der Waals surface area contributed by atoms with Crippen molar-refractivity contribution < 1.29 is 0 Å². The Balaban J connectivity index is 1.99. The second-order valence-electron chi connectivity index (χ2n) is 5.43. The van der Waals surface area contributed by atoms with Crippen LogP contribution in [-0.4, -0.2) is 11.7 Å². The molecule has 0 aliphatic carbocycles. The third-order valence-electron chi connectivity index (χ3n) is 3.83. The lowest BCUT2D eigenvalue weighted by Crippen LogP contribution is -2.29. The van der Waals surface area contributed by atoms with Gasteiger partial charge in [0.2, 0.25) is 0 Å². The zero-order chi connectivity index (χ0) is 15.4. The normalized spacial score (nSPS) is 10.8. The summed E-state index contributed by atoms with van der Waals surface area (Å²) < 4.78 is 0. The van der Waals surface area contributed by atoms with Crippen molar-refractivity contribution in [1.29, 1.82) is 0 Å². The zero-order valence-corrected chi connectivity index (χ0v) is 13.5. The van der Waals surface area contributed by atoms with Crippen LogP contribution in [0.15, 0.2) is 54.6 Å². The topological polar surface area (TPSA) is 24.1 Å². The third kappa shape index (κ3) is 3.04. The van der Waals surface area contributed by atoms with Crippen molar-refractivity contribution in [3.63, 3.8) is 0 Å². The van der Waals surface area contributed by atoms with Crippen LogP contribution in [0.3, 0.4) is 0 Å². The Labute approximate surface area is 136 Å². The van der Waals surface area contributed by atoms with Gasteiger partial charge in [0.15, 0.2) is 5.11 Å². The fourth-order valence-corrected chi connectivity index (χ4v) is 2.91. The van der Waals surface area contributed by atoms with Gasteiger partial charge in [-0.25, -0.2) is 0 Å². The third-order valence-corrected chi connectivity index (χ3v) is 4.08. The Morgan fingerprint density at radius 3 is 2.41 bits per heavy atom. The maximum atomic E-state index is 5.41. The fraction of sp³-hybridized carbons (Fsp3) is 0.211. The molecule has 0 unspecified atom stereocenters. The summed E-state index contributed by atoms with van der Waals surface area (Å²) in [4.78, 5) is 0. The van der Waals surface area contributed by atoms with Crippen LogP contribution in [0.25, 0.3) is 21.5 Å². The van der Waals surface area contributed by atoms with E-state index in [1.54, 1.807) is 0 Å². The van der Waals surface area contributed by atoms with Crippen LogP contribution in [0.1, 0.15) is 19.8 Å². The molecule has 0 aromatic heterocycles. The Bertz CT molecular complexity index is 811. The smallest absolute Gasteiger partial charge is 0.170 e. The molecule has 0 radical (unpaired) electrons. The molecule has 0 saturated carbocycles. The molecular weight excluding hydrogens is 288 g/mol. The van der Waals surface area contributed by atoms with E-state index in [9.17, 15) is 0 Å². The molecular formula is C19H20N2S. The van der Waals surface area contributed by atoms with E-state index in [1.807, 2.05) is 0 Å². The second kappa shape index (κ2) is 6.75. The van der Waals surface area contributed by atoms with E-state index >= 15 is 0 Å². The molecule has 0 amide bonds. The Morgan fingerprint density at radius 1 is 0.955 bits per heavy atom. The molecule has 0 saturated heterocycles. The summed E-state index contributed by atoms with van der Waals surface area (Å²) >= 11 is 5.41. The predicted molar refractivity (Wildman–Crippen MR) is 101 cm³/mol. The molecule has 3 rings (SSSR count). The molecule has 0 atom stereocenters. The molecule has 0 aliphatic heterocycles. The van der Waals surface area contributed by atoms with Crippen molar-refractivity contribution in [1.82, 2.24) is 5.32 Å². The number of fused-ring (bicyclic) bond motifs is 3. The van der Waals surface area contributed by atoms with Gasteiger partial charge in [-0.1, -0.05) is 61.9 Å². The summed E-state index contributed by atoms with van der Waals surface area (Å²) in [7, 11) is 0. The summed E-state index contributed by atoms with van der Waals surface area (Å²) in [6.07, 6.45) is 2.29. The van der Waals surface area contributed by atoms with Crippen LogP contribution in [0.2, 0.25) is 0 Å². The van der Waals surface area contributed by atoms with E-state index in [2.05, 4.69) is 72.2 Å². The number of nitrogens with one attached hydrogen (secondary N) is 2. The van der Waals surface area contributed by atoms with Crippen LogP contribution in [-0.2, 0) is 0 Å². The molecule has 0 fully saturated rings. The number of hydrogen-bond donors (Lipinski definition) is 2. The van der Waals surface area contributed by atoms with Crippen LogP contribution < -0.4 is 10.6 Å². The molecule has 22 heavy (non-hydrogen) atoms. The van der Waals surface area contributed by atoms with Gasteiger partial charge in [-0.2, -0.15) is 0 Å². The van der Waals surface area contributed by atoms with Crippen LogP contribution in [0, 0.1) is 0 Å². The van der Waals surface area contributed by atoms with Crippen molar-refractivity contribution >= 4 is 44.6 Å². The SMILES string of the molecule is CCCCNC(=S)Nc1cc2ccccc2c2ccccc12. The summed E-state index contributed by atoms with van der Waals surface area (Å²) in [5.74, 6) is 0. The minimum atomic E-state index is 0.689. The molecule has 0 spiro atoms. The molecule has 2 N–H and O–H groups in total. The number of unbranched alkanes of at least 4 members (excludes halogenated alkanes) is 1. The highest BCUT2D eigenvalue weighted by Crippen LogP contribution is 2.31. The van der Waals surface area contributed by atoms with E-state index in [0.717, 1.165) is 25.1 Å². The lowest BCUT2D eigenvalue weighted by atomic mass is 10.0. The summed E-state index contributed by atoms with van der Waals surface area (Å²) in [5.41, 5.74) is 1.06. The van der Waals surface area contributed by atoms with Crippen molar-refractivity contribution in [3.05, 3.63) is 54.6 Å². The molecule has 0 bridgehead atoms. The Hall–Kier alpha value is -2.13. The largest absolute Gasteiger partial charge is 0.362 e. The van der Waals surface area contributed by atoms with Crippen LogP contribution in [0.5, 0.6) is 0 Å². The molecule has 3 aromatic rings. The van der Waals surface area contributed by atoms with Crippen molar-refractivity contribution in [2.45, 2.75) is 19.8 Å². The fourth-order valence-electron chi connectivity index (χ4n) is 2.70. The van der Waals surface area contributed by atoms with Gasteiger partial charge >= 0.3 is 0 Å². The molecule has 3 aromatic carbocycles. The van der Waals surface area contributed by atoms with Gasteiger partial charge in [-0.15, -0.1) is 0 Å². The minimum absolute atomic E-state index is 0.689. The molecule has 0 heterocycles. The van der Waals surface area contributed by atoms with Gasteiger partial charge in [0.25, 0.3) is 0 Å². The summed E-state index contributed by atoms with van der Waals surface area (Å²) in [5, 5.41) is 12.2. The van der Waals surface area contributed by atoms with Crippen LogP contribution >= 0.6 is 12.2 Å². The van der Waals surface area contributed by atoms with Gasteiger partial charge in [0.05, 0.1) is 0 Å². The molecule has 0 aliphatic rings. The highest BCUT2D eigenvalue weighted by Gasteiger charge is 2.07. The predicted octanol–water partition coefficient (Wildman–Crippen LogP) is 5.08. The lowest BCUT2D eigenvalue weighted by molar-refractivity contribution is 0.758. The standard InChI is InChI=1S/C19H20N2S/c1-2-3-12-20-19(22)21-18-13-14-8-4-5-9-15(14)16-10-6-7-11-17(16)18/h4-11,13H,2-3,12H2,1H3,(H2,20,21,22). The average molecular weight is 308 g/mol. The monoisotopic (exact) mass is 308 g/mol. The number of anilines is 1. The van der Waals surface area contributed by atoms with Gasteiger partial charge in [0.1, 0.15) is 0 Å². The van der Waals surface area contributed by atoms with Gasteiger partial charge < -0.3 is 10.6 Å². The van der Waals surface area contributed by atoms with Gasteiger partial charge in [-0.3, -0.25) is 0 Å². The quantitative estimate of drug-likeness (QED) is 0.399. The number of hydrogen-bond acceptors (Lipinski definition) is 1. The highest BCUT2D eigenvalue weighted by atomic mass is 32.1. The first kappa shape index (κ1) is 14.8. The molecule has 2 nitrogen and oxygen atoms in total. The van der Waals surface area contributed by atoms with Crippen molar-refractivity contribution in [2.75, 3.05) is 11.9 Å². The Morgan fingerprint density at radius 2 is 1.64 bits per heavy atom. The first-order chi connectivity index (χ1) is 10.8. The highest BCUT2D eigenvalue weighted by molar-refractivity contribution is 7.80. The second-order valence-corrected chi connectivity index (χ2v) is 5.83. The van der Waals surface area contributed by atoms with Gasteiger partial charge in [-0.05, 0) is 40.9 Å². The van der Waals surface area contributed by atoms with Crippen molar-refractivity contribution in [3.8, 4) is 0 Å². The first-order valence-electron chi connectivity index (χ1n) is 7.75. The van der Waals surface area contributed by atoms with E-state index < -0.39 is 0 Å². The minimum Gasteiger partial charge on any atom is -0.362 e. The Kier molecular flexibility index (Phi) is 4.54. The van der Waals surface area contributed by atoms with E-state index in [0.29, 0.717) is 5.11 Å². The van der Waals surface area contributed by atoms with E-state index in [-0.39, 0.29) is 0 Å². The molecule has 3 heteroatoms. The van der Waals surface area contributed by atoms with Crippen molar-refractivity contribution in [2.24, 2.45) is 0 Å². The number of rotatable bonds is 4. The molecule has 112 valence electrons. The zero-order valence-electron chi connectivity index (χ0n) is 12.7. The summed E-state index contributed by atoms with van der Waals surface area (Å²) in [6, 6.07) is 19.1. The first-order valence-corrected chi connectivity index (χ1v) is 8.16. The maximum absolute atomic E-state index is 5.41. The van der Waals surface area contributed by atoms with E-state index in [1.165, 1.54) is 21.5 Å². The lowest BCUT2D eigenvalue weighted by Gasteiger charge is -2.14. The van der Waals surface area contributed by atoms with E-state index in [4.69, 9.17) is 12.2 Å². The average Bonchev–Trinajstić information content (AvgIpc) is 2.55. The number of benzene rings is 3. The summed E-state index contributed by atoms with van der Waals surface area (Å²) in [6.45, 7) is 3.09. The maximum Gasteiger partial charge on any atom is 0.170 e.